The van der Waals surface area contributed by atoms with E-state index < -0.39 is 58.8 Å². The molecule has 15 heteroatoms. The first kappa shape index (κ1) is 36.5. The number of amides is 3. The molecule has 49 heavy (non-hydrogen) atoms. The highest BCUT2D eigenvalue weighted by Gasteiger charge is 2.35. The summed E-state index contributed by atoms with van der Waals surface area (Å²) in [7, 11) is 0. The third kappa shape index (κ3) is 9.39. The molecule has 0 aliphatic carbocycles. The van der Waals surface area contributed by atoms with Gasteiger partial charge in [-0.2, -0.15) is 13.2 Å². The highest BCUT2D eigenvalue weighted by molar-refractivity contribution is 5.99. The Morgan fingerprint density at radius 3 is 2.29 bits per heavy atom. The molecule has 3 amide bonds. The first-order valence-corrected chi connectivity index (χ1v) is 15.4. The Morgan fingerprint density at radius 1 is 0.980 bits per heavy atom. The van der Waals surface area contributed by atoms with Crippen LogP contribution in [0.4, 0.5) is 23.8 Å². The Kier molecular flexibility index (Phi) is 10.7. The zero-order chi connectivity index (χ0) is 36.1. The largest absolute Gasteiger partial charge is 0.464 e. The molecule has 0 radical (unpaired) electrons. The smallest absolute Gasteiger partial charge is 0.416 e. The van der Waals surface area contributed by atoms with Gasteiger partial charge in [0.05, 0.1) is 18.5 Å². The van der Waals surface area contributed by atoms with Crippen molar-refractivity contribution < 1.29 is 41.8 Å². The molecule has 262 valence electrons. The summed E-state index contributed by atoms with van der Waals surface area (Å²) in [6, 6.07) is 9.10. The van der Waals surface area contributed by atoms with Crippen molar-refractivity contribution in [2.45, 2.75) is 77.4 Å². The van der Waals surface area contributed by atoms with E-state index in [0.29, 0.717) is 0 Å². The van der Waals surface area contributed by atoms with Gasteiger partial charge in [0.25, 0.3) is 0 Å². The molecule has 4 N–H and O–H groups in total. The van der Waals surface area contributed by atoms with Crippen molar-refractivity contribution in [2.24, 2.45) is 0 Å². The summed E-state index contributed by atoms with van der Waals surface area (Å²) in [5, 5.41) is 8.73. The maximum absolute atomic E-state index is 13.8. The van der Waals surface area contributed by atoms with E-state index in [1.54, 1.807) is 33.9 Å². The number of carbonyl (C=O) groups excluding carboxylic acids is 4. The quantitative estimate of drug-likeness (QED) is 0.152. The van der Waals surface area contributed by atoms with Crippen LogP contribution in [0.2, 0.25) is 0 Å². The number of hydrogen-bond acceptors (Lipinski definition) is 7. The van der Waals surface area contributed by atoms with Gasteiger partial charge in [-0.1, -0.05) is 30.3 Å². The number of para-hydroxylation sites is 1. The molecule has 2 unspecified atom stereocenters. The van der Waals surface area contributed by atoms with Crippen LogP contribution in [0.5, 0.6) is 0 Å². The Labute approximate surface area is 280 Å². The number of aromatic amines is 1. The number of hydrogen-bond donors (Lipinski definition) is 4. The SMILES string of the molecule is CCOC(=O)C(c1ccc(C(F)(F)F)cc1)n1cnc(NC(=O)C(Cc2c[nH]c3ccccc23)NC(=O)C(C)(C)NC(=O)OC(C)(C)C)c1. The van der Waals surface area contributed by atoms with Gasteiger partial charge < -0.3 is 35.0 Å². The number of rotatable bonds is 11. The number of ether oxygens (including phenoxy) is 2. The number of aromatic nitrogens is 3. The number of anilines is 1. The monoisotopic (exact) mass is 684 g/mol. The van der Waals surface area contributed by atoms with Crippen molar-refractivity contribution in [3.8, 4) is 0 Å². The second-order valence-electron chi connectivity index (χ2n) is 12.8. The van der Waals surface area contributed by atoms with Crippen molar-refractivity contribution >= 4 is 40.6 Å². The summed E-state index contributed by atoms with van der Waals surface area (Å²) in [5.74, 6) is -2.09. The lowest BCUT2D eigenvalue weighted by atomic mass is 10.0. The van der Waals surface area contributed by atoms with E-state index in [-0.39, 0.29) is 24.4 Å². The highest BCUT2D eigenvalue weighted by atomic mass is 19.4. The molecule has 4 aromatic rings. The van der Waals surface area contributed by atoms with E-state index >= 15 is 0 Å². The molecule has 0 aliphatic rings. The Balaban J connectivity index is 1.59. The topological polar surface area (TPSA) is 156 Å². The van der Waals surface area contributed by atoms with E-state index in [4.69, 9.17) is 9.47 Å². The van der Waals surface area contributed by atoms with Crippen LogP contribution in [-0.4, -0.2) is 62.2 Å². The number of fused-ring (bicyclic) bond motifs is 1. The lowest BCUT2D eigenvalue weighted by Gasteiger charge is -2.29. The summed E-state index contributed by atoms with van der Waals surface area (Å²) in [4.78, 5) is 60.0. The molecule has 0 fully saturated rings. The average molecular weight is 685 g/mol. The molecule has 4 rings (SSSR count). The number of alkyl carbamates (subject to hydrolysis) is 1. The fourth-order valence-corrected chi connectivity index (χ4v) is 4.95. The highest BCUT2D eigenvalue weighted by Crippen LogP contribution is 2.31. The maximum atomic E-state index is 13.8. The molecule has 0 aliphatic heterocycles. The molecule has 12 nitrogen and oxygen atoms in total. The van der Waals surface area contributed by atoms with Crippen LogP contribution < -0.4 is 16.0 Å². The van der Waals surface area contributed by atoms with E-state index in [2.05, 4.69) is 25.9 Å². The summed E-state index contributed by atoms with van der Waals surface area (Å²) in [6.07, 6.45) is -1.05. The number of imidazole rings is 1. The number of alkyl halides is 3. The van der Waals surface area contributed by atoms with Gasteiger partial charge in [-0.25, -0.2) is 14.6 Å². The molecule has 2 heterocycles. The Morgan fingerprint density at radius 2 is 1.65 bits per heavy atom. The minimum absolute atomic E-state index is 0.00414. The van der Waals surface area contributed by atoms with Crippen LogP contribution in [0, 0.1) is 0 Å². The number of H-pyrrole nitrogens is 1. The van der Waals surface area contributed by atoms with Crippen molar-refractivity contribution in [2.75, 3.05) is 11.9 Å². The summed E-state index contributed by atoms with van der Waals surface area (Å²) in [5.41, 5.74) is -1.43. The predicted molar refractivity (Wildman–Crippen MR) is 174 cm³/mol. The van der Waals surface area contributed by atoms with Crippen LogP contribution in [0.15, 0.2) is 67.3 Å². The van der Waals surface area contributed by atoms with E-state index in [1.165, 1.54) is 43.1 Å². The van der Waals surface area contributed by atoms with E-state index in [1.807, 2.05) is 24.3 Å². The number of halogens is 3. The fourth-order valence-electron chi connectivity index (χ4n) is 4.95. The number of carbonyl (C=O) groups is 4. The Bertz CT molecular complexity index is 1810. The molecular formula is C34H39F3N6O6. The average Bonchev–Trinajstić information content (AvgIpc) is 3.62. The second-order valence-corrected chi connectivity index (χ2v) is 12.8. The fraction of sp³-hybridized carbons (Fsp3) is 0.382. The van der Waals surface area contributed by atoms with Crippen LogP contribution in [0.25, 0.3) is 10.9 Å². The number of nitrogens with one attached hydrogen (secondary N) is 4. The van der Waals surface area contributed by atoms with Crippen molar-refractivity contribution in [1.82, 2.24) is 25.2 Å². The van der Waals surface area contributed by atoms with Gasteiger partial charge in [-0.15, -0.1) is 0 Å². The van der Waals surface area contributed by atoms with E-state index in [0.717, 1.165) is 28.6 Å². The molecule has 2 aromatic heterocycles. The van der Waals surface area contributed by atoms with Gasteiger partial charge in [-0.3, -0.25) is 9.59 Å². The zero-order valence-electron chi connectivity index (χ0n) is 27.9. The number of nitrogens with zero attached hydrogens (tertiary/aromatic N) is 2. The summed E-state index contributed by atoms with van der Waals surface area (Å²) >= 11 is 0. The standard InChI is InChI=1S/C34H39F3N6O6/c1-7-48-29(45)27(20-12-14-22(15-13-20)34(35,36)37)43-18-26(39-19-43)41-28(44)25(16-21-17-38-24-11-9-8-10-23(21)24)40-30(46)33(5,6)42-31(47)49-32(2,3)4/h8-15,17-19,25,27,38H,7,16H2,1-6H3,(H,40,46)(H,41,44)(H,42,47). The van der Waals surface area contributed by atoms with Gasteiger partial charge in [-0.05, 0) is 70.9 Å². The number of benzene rings is 2. The lowest BCUT2D eigenvalue weighted by Crippen LogP contribution is -2.59. The van der Waals surface area contributed by atoms with Gasteiger partial charge >= 0.3 is 18.2 Å². The van der Waals surface area contributed by atoms with E-state index in [9.17, 15) is 32.3 Å². The van der Waals surface area contributed by atoms with Gasteiger partial charge in [0, 0.05) is 29.7 Å². The first-order valence-electron chi connectivity index (χ1n) is 15.4. The summed E-state index contributed by atoms with van der Waals surface area (Å²) in [6.45, 7) is 9.58. The maximum Gasteiger partial charge on any atom is 0.416 e. The van der Waals surface area contributed by atoms with Gasteiger partial charge in [0.1, 0.15) is 17.2 Å². The molecule has 0 bridgehead atoms. The third-order valence-corrected chi connectivity index (χ3v) is 7.32. The molecule has 0 saturated heterocycles. The predicted octanol–water partition coefficient (Wildman–Crippen LogP) is 5.51. The van der Waals surface area contributed by atoms with Crippen molar-refractivity contribution in [1.29, 1.82) is 0 Å². The van der Waals surface area contributed by atoms with Crippen LogP contribution in [0.1, 0.15) is 64.3 Å². The normalized spacial score (nSPS) is 13.3. The molecular weight excluding hydrogens is 645 g/mol. The minimum atomic E-state index is -4.57. The molecule has 2 aromatic carbocycles. The van der Waals surface area contributed by atoms with Crippen molar-refractivity contribution in [3.05, 3.63) is 83.9 Å². The first-order chi connectivity index (χ1) is 22.9. The van der Waals surface area contributed by atoms with Crippen LogP contribution in [0.3, 0.4) is 0 Å². The summed E-state index contributed by atoms with van der Waals surface area (Å²) < 4.78 is 51.3. The number of esters is 1. The second kappa shape index (κ2) is 14.4. The van der Waals surface area contributed by atoms with Gasteiger partial charge in [0.2, 0.25) is 11.8 Å². The van der Waals surface area contributed by atoms with Crippen LogP contribution >= 0.6 is 0 Å². The molecule has 0 spiro atoms. The molecule has 2 atom stereocenters. The zero-order valence-corrected chi connectivity index (χ0v) is 27.9. The van der Waals surface area contributed by atoms with Gasteiger partial charge in [0.15, 0.2) is 11.9 Å². The lowest BCUT2D eigenvalue weighted by molar-refractivity contribution is -0.145. The van der Waals surface area contributed by atoms with Crippen molar-refractivity contribution in [3.63, 3.8) is 0 Å². The third-order valence-electron chi connectivity index (χ3n) is 7.32. The Hall–Kier alpha value is -5.34. The minimum Gasteiger partial charge on any atom is -0.464 e. The van der Waals surface area contributed by atoms with Crippen LogP contribution in [-0.2, 0) is 36.5 Å². The molecule has 0 saturated carbocycles.